The van der Waals surface area contributed by atoms with Gasteiger partial charge in [0.1, 0.15) is 11.6 Å². The Hall–Kier alpha value is -1.76. The van der Waals surface area contributed by atoms with Crippen molar-refractivity contribution >= 4 is 23.2 Å². The van der Waals surface area contributed by atoms with Gasteiger partial charge < -0.3 is 4.98 Å². The molecule has 0 amide bonds. The van der Waals surface area contributed by atoms with Gasteiger partial charge in [0.25, 0.3) is 5.56 Å². The minimum Gasteiger partial charge on any atom is -0.328 e. The van der Waals surface area contributed by atoms with E-state index in [1.807, 2.05) is 6.07 Å². The van der Waals surface area contributed by atoms with Crippen molar-refractivity contribution in [3.63, 3.8) is 0 Å². The van der Waals surface area contributed by atoms with E-state index in [2.05, 4.69) is 4.98 Å². The van der Waals surface area contributed by atoms with E-state index in [1.54, 1.807) is 24.3 Å². The fraction of sp³-hybridized carbons (Fsp3) is 0. The number of nitrogens with one attached hydrogen (secondary N) is 1. The fourth-order valence-electron chi connectivity index (χ4n) is 1.54. The van der Waals surface area contributed by atoms with Crippen molar-refractivity contribution in [1.29, 1.82) is 5.26 Å². The zero-order valence-electron chi connectivity index (χ0n) is 8.50. The summed E-state index contributed by atoms with van der Waals surface area (Å²) in [5.74, 6) is 0. The Kier molecular flexibility index (Phi) is 3.19. The zero-order valence-corrected chi connectivity index (χ0v) is 10.0. The highest BCUT2D eigenvalue weighted by molar-refractivity contribution is 6.35. The van der Waals surface area contributed by atoms with Crippen molar-refractivity contribution in [1.82, 2.24) is 4.98 Å². The Bertz CT molecular complexity index is 651. The van der Waals surface area contributed by atoms with E-state index in [4.69, 9.17) is 28.5 Å². The first-order valence-corrected chi connectivity index (χ1v) is 5.45. The Labute approximate surface area is 107 Å². The van der Waals surface area contributed by atoms with Crippen LogP contribution in [0.1, 0.15) is 5.56 Å². The van der Waals surface area contributed by atoms with Crippen molar-refractivity contribution in [2.75, 3.05) is 0 Å². The normalized spacial score (nSPS) is 9.94. The second-order valence-corrected chi connectivity index (χ2v) is 4.24. The van der Waals surface area contributed by atoms with Crippen molar-refractivity contribution in [2.45, 2.75) is 0 Å². The number of benzene rings is 1. The van der Waals surface area contributed by atoms with Gasteiger partial charge in [0, 0.05) is 21.8 Å². The number of aromatic amines is 1. The topological polar surface area (TPSA) is 56.6 Å². The fourth-order valence-corrected chi connectivity index (χ4v) is 2.07. The monoisotopic (exact) mass is 264 g/mol. The molecule has 0 aliphatic heterocycles. The van der Waals surface area contributed by atoms with Crippen molar-refractivity contribution < 1.29 is 0 Å². The Morgan fingerprint density at radius 2 is 1.82 bits per heavy atom. The van der Waals surface area contributed by atoms with Gasteiger partial charge in [-0.2, -0.15) is 5.26 Å². The number of nitrogens with zero attached hydrogens (tertiary/aromatic N) is 1. The number of nitriles is 1. The van der Waals surface area contributed by atoms with E-state index in [1.165, 1.54) is 6.20 Å². The first kappa shape index (κ1) is 11.7. The molecule has 2 aromatic rings. The van der Waals surface area contributed by atoms with Crippen LogP contribution in [0.25, 0.3) is 11.1 Å². The van der Waals surface area contributed by atoms with Gasteiger partial charge in [-0.05, 0) is 29.8 Å². The van der Waals surface area contributed by atoms with Crippen molar-refractivity contribution in [3.05, 3.63) is 56.4 Å². The molecule has 1 heterocycles. The van der Waals surface area contributed by atoms with Gasteiger partial charge in [-0.25, -0.2) is 0 Å². The van der Waals surface area contributed by atoms with Gasteiger partial charge in [0.15, 0.2) is 0 Å². The summed E-state index contributed by atoms with van der Waals surface area (Å²) < 4.78 is 0. The first-order chi connectivity index (χ1) is 8.11. The summed E-state index contributed by atoms with van der Waals surface area (Å²) >= 11 is 11.8. The SMILES string of the molecule is N#Cc1c(-c2cc(Cl)cc(Cl)c2)cc[nH]c1=O. The number of rotatable bonds is 1. The molecule has 2 rings (SSSR count). The smallest absolute Gasteiger partial charge is 0.266 e. The average Bonchev–Trinajstić information content (AvgIpc) is 2.27. The predicted molar refractivity (Wildman–Crippen MR) is 67.2 cm³/mol. The van der Waals surface area contributed by atoms with Crippen LogP contribution in [-0.2, 0) is 0 Å². The highest BCUT2D eigenvalue weighted by atomic mass is 35.5. The van der Waals surface area contributed by atoms with Crippen LogP contribution in [0.4, 0.5) is 0 Å². The van der Waals surface area contributed by atoms with Crippen LogP contribution in [0.3, 0.4) is 0 Å². The van der Waals surface area contributed by atoms with Gasteiger partial charge in [-0.3, -0.25) is 4.79 Å². The van der Waals surface area contributed by atoms with Gasteiger partial charge >= 0.3 is 0 Å². The average molecular weight is 265 g/mol. The van der Waals surface area contributed by atoms with Gasteiger partial charge in [0.05, 0.1) is 0 Å². The van der Waals surface area contributed by atoms with Crippen molar-refractivity contribution in [2.24, 2.45) is 0 Å². The summed E-state index contributed by atoms with van der Waals surface area (Å²) in [5.41, 5.74) is 0.776. The number of pyridine rings is 1. The lowest BCUT2D eigenvalue weighted by atomic mass is 10.0. The molecule has 1 aromatic heterocycles. The quantitative estimate of drug-likeness (QED) is 0.860. The second-order valence-electron chi connectivity index (χ2n) is 3.37. The molecular formula is C12H6Cl2N2O. The standard InChI is InChI=1S/C12H6Cl2N2O/c13-8-3-7(4-9(14)5-8)10-1-2-16-12(17)11(10)6-15/h1-5H,(H,16,17). The molecule has 84 valence electrons. The Morgan fingerprint density at radius 1 is 1.18 bits per heavy atom. The van der Waals surface area contributed by atoms with Crippen LogP contribution in [0.15, 0.2) is 35.3 Å². The number of H-pyrrole nitrogens is 1. The van der Waals surface area contributed by atoms with E-state index in [0.29, 0.717) is 21.2 Å². The largest absolute Gasteiger partial charge is 0.328 e. The molecule has 0 aliphatic carbocycles. The zero-order chi connectivity index (χ0) is 12.4. The molecule has 0 bridgehead atoms. The third-order valence-electron chi connectivity index (χ3n) is 2.25. The van der Waals surface area contributed by atoms with E-state index in [-0.39, 0.29) is 5.56 Å². The maximum Gasteiger partial charge on any atom is 0.266 e. The maximum absolute atomic E-state index is 11.5. The minimum atomic E-state index is -0.430. The molecule has 3 nitrogen and oxygen atoms in total. The van der Waals surface area contributed by atoms with E-state index in [9.17, 15) is 4.79 Å². The van der Waals surface area contributed by atoms with E-state index in [0.717, 1.165) is 0 Å². The molecule has 0 radical (unpaired) electrons. The Balaban J connectivity index is 2.73. The van der Waals surface area contributed by atoms with Crippen LogP contribution in [0.5, 0.6) is 0 Å². The van der Waals surface area contributed by atoms with Crippen molar-refractivity contribution in [3.8, 4) is 17.2 Å². The van der Waals surface area contributed by atoms with E-state index >= 15 is 0 Å². The lowest BCUT2D eigenvalue weighted by molar-refractivity contribution is 1.22. The lowest BCUT2D eigenvalue weighted by Crippen LogP contribution is -2.10. The highest BCUT2D eigenvalue weighted by Crippen LogP contribution is 2.27. The number of hydrogen-bond acceptors (Lipinski definition) is 2. The summed E-state index contributed by atoms with van der Waals surface area (Å²) in [4.78, 5) is 13.9. The van der Waals surface area contributed by atoms with Gasteiger partial charge in [0.2, 0.25) is 0 Å². The van der Waals surface area contributed by atoms with Crippen LogP contribution in [0, 0.1) is 11.3 Å². The van der Waals surface area contributed by atoms with Gasteiger partial charge in [-0.15, -0.1) is 0 Å². The summed E-state index contributed by atoms with van der Waals surface area (Å²) in [6.45, 7) is 0. The number of halogens is 2. The minimum absolute atomic E-state index is 0.0471. The summed E-state index contributed by atoms with van der Waals surface area (Å²) in [7, 11) is 0. The molecular weight excluding hydrogens is 259 g/mol. The summed E-state index contributed by atoms with van der Waals surface area (Å²) in [6, 6.07) is 8.41. The van der Waals surface area contributed by atoms with Crippen LogP contribution >= 0.6 is 23.2 Å². The molecule has 0 unspecified atom stereocenters. The van der Waals surface area contributed by atoms with Crippen LogP contribution < -0.4 is 5.56 Å². The molecule has 0 saturated heterocycles. The molecule has 1 N–H and O–H groups in total. The molecule has 0 aliphatic rings. The molecule has 0 atom stereocenters. The molecule has 1 aromatic carbocycles. The summed E-state index contributed by atoms with van der Waals surface area (Å²) in [5, 5.41) is 9.87. The van der Waals surface area contributed by atoms with Crippen LogP contribution in [-0.4, -0.2) is 4.98 Å². The highest BCUT2D eigenvalue weighted by Gasteiger charge is 2.09. The number of hydrogen-bond donors (Lipinski definition) is 1. The van der Waals surface area contributed by atoms with Gasteiger partial charge in [-0.1, -0.05) is 23.2 Å². The van der Waals surface area contributed by atoms with Crippen LogP contribution in [0.2, 0.25) is 10.0 Å². The lowest BCUT2D eigenvalue weighted by Gasteiger charge is -2.04. The molecule has 0 saturated carbocycles. The van der Waals surface area contributed by atoms with E-state index < -0.39 is 5.56 Å². The second kappa shape index (κ2) is 4.62. The molecule has 0 fully saturated rings. The predicted octanol–water partition coefficient (Wildman–Crippen LogP) is 3.22. The first-order valence-electron chi connectivity index (χ1n) is 4.70. The molecule has 5 heteroatoms. The maximum atomic E-state index is 11.5. The molecule has 17 heavy (non-hydrogen) atoms. The third kappa shape index (κ3) is 2.33. The number of aromatic nitrogens is 1. The molecule has 0 spiro atoms. The third-order valence-corrected chi connectivity index (χ3v) is 2.68. The summed E-state index contributed by atoms with van der Waals surface area (Å²) in [6.07, 6.45) is 1.48. The Morgan fingerprint density at radius 3 is 2.41 bits per heavy atom.